The second kappa shape index (κ2) is 6.54. The fourth-order valence-corrected chi connectivity index (χ4v) is 2.45. The van der Waals surface area contributed by atoms with E-state index >= 15 is 0 Å². The standard InChI is InChI=1S/C16H23N3O4/c1-16(2,3)23-15(20)12-5-6-13(14(11-12)19(21)22)18-9-7-17(4)8-10-18/h5-6,11H,7-10H2,1-4H3. The molecule has 0 amide bonds. The van der Waals surface area contributed by atoms with Gasteiger partial charge in [0.05, 0.1) is 10.5 Å². The summed E-state index contributed by atoms with van der Waals surface area (Å²) in [6.45, 7) is 8.44. The minimum absolute atomic E-state index is 0.0575. The fraction of sp³-hybridized carbons (Fsp3) is 0.562. The Hall–Kier alpha value is -2.15. The van der Waals surface area contributed by atoms with E-state index in [1.54, 1.807) is 32.9 Å². The van der Waals surface area contributed by atoms with Crippen molar-refractivity contribution >= 4 is 17.3 Å². The molecular formula is C16H23N3O4. The molecule has 0 aromatic heterocycles. The lowest BCUT2D eigenvalue weighted by Crippen LogP contribution is -2.44. The van der Waals surface area contributed by atoms with Gasteiger partial charge in [0, 0.05) is 32.2 Å². The molecule has 126 valence electrons. The monoisotopic (exact) mass is 321 g/mol. The maximum absolute atomic E-state index is 12.1. The van der Waals surface area contributed by atoms with E-state index in [1.807, 2.05) is 11.9 Å². The number of nitrogens with zero attached hydrogens (tertiary/aromatic N) is 3. The van der Waals surface area contributed by atoms with Crippen LogP contribution in [0.3, 0.4) is 0 Å². The first-order valence-corrected chi connectivity index (χ1v) is 7.62. The summed E-state index contributed by atoms with van der Waals surface area (Å²) in [4.78, 5) is 27.2. The zero-order chi connectivity index (χ0) is 17.2. The van der Waals surface area contributed by atoms with E-state index in [9.17, 15) is 14.9 Å². The third-order valence-electron chi connectivity index (χ3n) is 3.65. The Labute approximate surface area is 136 Å². The predicted molar refractivity (Wildman–Crippen MR) is 88.0 cm³/mol. The van der Waals surface area contributed by atoms with Crippen LogP contribution in [0.25, 0.3) is 0 Å². The summed E-state index contributed by atoms with van der Waals surface area (Å²) >= 11 is 0. The summed E-state index contributed by atoms with van der Waals surface area (Å²) < 4.78 is 5.28. The zero-order valence-corrected chi connectivity index (χ0v) is 14.0. The molecule has 0 N–H and O–H groups in total. The number of hydrogen-bond acceptors (Lipinski definition) is 6. The lowest BCUT2D eigenvalue weighted by Gasteiger charge is -2.33. The highest BCUT2D eigenvalue weighted by Gasteiger charge is 2.26. The number of ether oxygens (including phenoxy) is 1. The summed E-state index contributed by atoms with van der Waals surface area (Å²) in [6.07, 6.45) is 0. The number of piperazine rings is 1. The number of nitro groups is 1. The molecule has 0 unspecified atom stereocenters. The average molecular weight is 321 g/mol. The van der Waals surface area contributed by atoms with Gasteiger partial charge in [-0.05, 0) is 40.0 Å². The van der Waals surface area contributed by atoms with Gasteiger partial charge in [0.15, 0.2) is 0 Å². The van der Waals surface area contributed by atoms with Crippen molar-refractivity contribution in [3.05, 3.63) is 33.9 Å². The maximum atomic E-state index is 12.1. The van der Waals surface area contributed by atoms with Gasteiger partial charge in [-0.15, -0.1) is 0 Å². The van der Waals surface area contributed by atoms with Gasteiger partial charge in [0.1, 0.15) is 11.3 Å². The summed E-state index contributed by atoms with van der Waals surface area (Å²) in [5.74, 6) is -0.550. The molecule has 1 fully saturated rings. The highest BCUT2D eigenvalue weighted by Crippen LogP contribution is 2.30. The van der Waals surface area contributed by atoms with Gasteiger partial charge in [-0.2, -0.15) is 0 Å². The zero-order valence-electron chi connectivity index (χ0n) is 14.0. The number of esters is 1. The first-order valence-electron chi connectivity index (χ1n) is 7.62. The first-order chi connectivity index (χ1) is 10.7. The number of carbonyl (C=O) groups is 1. The van der Waals surface area contributed by atoms with Gasteiger partial charge in [-0.3, -0.25) is 10.1 Å². The van der Waals surface area contributed by atoms with Gasteiger partial charge in [-0.25, -0.2) is 4.79 Å². The lowest BCUT2D eigenvalue weighted by molar-refractivity contribution is -0.384. The fourth-order valence-electron chi connectivity index (χ4n) is 2.45. The minimum Gasteiger partial charge on any atom is -0.456 e. The number of anilines is 1. The maximum Gasteiger partial charge on any atom is 0.338 e. The van der Waals surface area contributed by atoms with E-state index in [-0.39, 0.29) is 11.3 Å². The summed E-state index contributed by atoms with van der Waals surface area (Å²) in [5.41, 5.74) is 0.0555. The number of benzene rings is 1. The molecule has 0 saturated carbocycles. The molecule has 7 heteroatoms. The van der Waals surface area contributed by atoms with Crippen LogP contribution in [0.4, 0.5) is 11.4 Å². The number of rotatable bonds is 3. The van der Waals surface area contributed by atoms with Gasteiger partial charge >= 0.3 is 5.97 Å². The van der Waals surface area contributed by atoms with Gasteiger partial charge < -0.3 is 14.5 Å². The number of hydrogen-bond donors (Lipinski definition) is 0. The van der Waals surface area contributed by atoms with Crippen LogP contribution in [-0.2, 0) is 4.74 Å². The molecule has 1 aromatic rings. The lowest BCUT2D eigenvalue weighted by atomic mass is 10.1. The molecule has 7 nitrogen and oxygen atoms in total. The van der Waals surface area contributed by atoms with E-state index < -0.39 is 16.5 Å². The first kappa shape index (κ1) is 17.2. The van der Waals surface area contributed by atoms with Crippen LogP contribution in [0.15, 0.2) is 18.2 Å². The number of likely N-dealkylation sites (N-methyl/N-ethyl adjacent to an activating group) is 1. The third kappa shape index (κ3) is 4.41. The Morgan fingerprint density at radius 3 is 2.35 bits per heavy atom. The van der Waals surface area contributed by atoms with E-state index in [2.05, 4.69) is 4.90 Å². The molecule has 0 bridgehead atoms. The molecule has 2 rings (SSSR count). The predicted octanol–water partition coefficient (Wildman–Crippen LogP) is 2.30. The Balaban J connectivity index is 2.28. The SMILES string of the molecule is CN1CCN(c2ccc(C(=O)OC(C)(C)C)cc2[N+](=O)[O-])CC1. The largest absolute Gasteiger partial charge is 0.456 e. The van der Waals surface area contributed by atoms with Crippen molar-refractivity contribution in [2.75, 3.05) is 38.1 Å². The topological polar surface area (TPSA) is 75.9 Å². The van der Waals surface area contributed by atoms with Crippen molar-refractivity contribution in [3.63, 3.8) is 0 Å². The van der Waals surface area contributed by atoms with E-state index in [4.69, 9.17) is 4.74 Å². The molecule has 1 aromatic carbocycles. The second-order valence-corrected chi connectivity index (χ2v) is 6.75. The molecule has 1 saturated heterocycles. The van der Waals surface area contributed by atoms with Crippen LogP contribution >= 0.6 is 0 Å². The molecule has 1 heterocycles. The smallest absolute Gasteiger partial charge is 0.338 e. The minimum atomic E-state index is -0.637. The van der Waals surface area contributed by atoms with Crippen molar-refractivity contribution < 1.29 is 14.5 Å². The third-order valence-corrected chi connectivity index (χ3v) is 3.65. The molecule has 0 radical (unpaired) electrons. The molecule has 0 atom stereocenters. The Morgan fingerprint density at radius 1 is 1.22 bits per heavy atom. The highest BCUT2D eigenvalue weighted by atomic mass is 16.6. The highest BCUT2D eigenvalue weighted by molar-refractivity contribution is 5.91. The van der Waals surface area contributed by atoms with Crippen LogP contribution in [0.2, 0.25) is 0 Å². The van der Waals surface area contributed by atoms with Crippen molar-refractivity contribution in [3.8, 4) is 0 Å². The summed E-state index contributed by atoms with van der Waals surface area (Å²) in [5, 5.41) is 11.4. The average Bonchev–Trinajstić information content (AvgIpc) is 2.45. The van der Waals surface area contributed by atoms with Gasteiger partial charge in [0.25, 0.3) is 5.69 Å². The van der Waals surface area contributed by atoms with Crippen molar-refractivity contribution in [2.24, 2.45) is 0 Å². The van der Waals surface area contributed by atoms with E-state index in [0.717, 1.165) is 26.2 Å². The normalized spacial score (nSPS) is 16.3. The van der Waals surface area contributed by atoms with Crippen molar-refractivity contribution in [1.82, 2.24) is 4.90 Å². The molecule has 1 aliphatic heterocycles. The van der Waals surface area contributed by atoms with Crippen LogP contribution < -0.4 is 4.90 Å². The molecular weight excluding hydrogens is 298 g/mol. The van der Waals surface area contributed by atoms with Gasteiger partial charge in [-0.1, -0.05) is 0 Å². The van der Waals surface area contributed by atoms with Crippen molar-refractivity contribution in [2.45, 2.75) is 26.4 Å². The molecule has 0 aliphatic carbocycles. The van der Waals surface area contributed by atoms with Gasteiger partial charge in [0.2, 0.25) is 0 Å². The van der Waals surface area contributed by atoms with Crippen LogP contribution in [0.5, 0.6) is 0 Å². The van der Waals surface area contributed by atoms with Crippen LogP contribution in [0, 0.1) is 10.1 Å². The number of carbonyl (C=O) groups excluding carboxylic acids is 1. The quantitative estimate of drug-likeness (QED) is 0.483. The van der Waals surface area contributed by atoms with E-state index in [1.165, 1.54) is 6.07 Å². The molecule has 0 spiro atoms. The second-order valence-electron chi connectivity index (χ2n) is 6.75. The van der Waals surface area contributed by atoms with E-state index in [0.29, 0.717) is 5.69 Å². The summed E-state index contributed by atoms with van der Waals surface area (Å²) in [7, 11) is 2.03. The Bertz CT molecular complexity index is 602. The summed E-state index contributed by atoms with van der Waals surface area (Å²) in [6, 6.07) is 4.54. The molecule has 23 heavy (non-hydrogen) atoms. The van der Waals surface area contributed by atoms with Crippen LogP contribution in [-0.4, -0.2) is 54.6 Å². The van der Waals surface area contributed by atoms with Crippen molar-refractivity contribution in [1.29, 1.82) is 0 Å². The number of nitro benzene ring substituents is 1. The molecule has 1 aliphatic rings. The van der Waals surface area contributed by atoms with Crippen LogP contribution in [0.1, 0.15) is 31.1 Å². The Kier molecular flexibility index (Phi) is 4.89. The Morgan fingerprint density at radius 2 is 1.83 bits per heavy atom.